The van der Waals surface area contributed by atoms with Gasteiger partial charge in [0.15, 0.2) is 0 Å². The number of aryl methyl sites for hydroxylation is 2. The van der Waals surface area contributed by atoms with Gasteiger partial charge in [-0.3, -0.25) is 19.4 Å². The predicted octanol–water partition coefficient (Wildman–Crippen LogP) is 0.0561. The van der Waals surface area contributed by atoms with Crippen molar-refractivity contribution in [3.05, 3.63) is 42.0 Å². The van der Waals surface area contributed by atoms with E-state index in [0.717, 1.165) is 37.3 Å². The second-order valence-electron chi connectivity index (χ2n) is 8.70. The van der Waals surface area contributed by atoms with Gasteiger partial charge in [0.1, 0.15) is 0 Å². The van der Waals surface area contributed by atoms with Crippen LogP contribution in [0.2, 0.25) is 0 Å². The van der Waals surface area contributed by atoms with Crippen molar-refractivity contribution >= 4 is 21.8 Å². The fourth-order valence-electron chi connectivity index (χ4n) is 4.14. The molecule has 1 aromatic rings. The van der Waals surface area contributed by atoms with Gasteiger partial charge in [0, 0.05) is 58.9 Å². The van der Waals surface area contributed by atoms with Gasteiger partial charge in [-0.25, -0.2) is 8.42 Å². The monoisotopic (exact) mass is 477 g/mol. The highest BCUT2D eigenvalue weighted by atomic mass is 32.2. The van der Waals surface area contributed by atoms with E-state index in [9.17, 15) is 18.0 Å². The Morgan fingerprint density at radius 2 is 1.58 bits per heavy atom. The maximum Gasteiger partial charge on any atom is 0.243 e. The summed E-state index contributed by atoms with van der Waals surface area (Å²) < 4.78 is 27.7. The van der Waals surface area contributed by atoms with Crippen molar-refractivity contribution in [2.45, 2.75) is 18.7 Å². The van der Waals surface area contributed by atoms with Crippen LogP contribution in [0, 0.1) is 13.8 Å². The lowest BCUT2D eigenvalue weighted by molar-refractivity contribution is -0.134. The zero-order valence-electron chi connectivity index (χ0n) is 19.6. The highest BCUT2D eigenvalue weighted by Crippen LogP contribution is 2.22. The molecule has 0 unspecified atom stereocenters. The molecule has 0 bridgehead atoms. The van der Waals surface area contributed by atoms with Gasteiger partial charge in [0.05, 0.1) is 18.0 Å². The van der Waals surface area contributed by atoms with Crippen molar-refractivity contribution in [1.29, 1.82) is 0 Å². The van der Waals surface area contributed by atoms with Crippen LogP contribution in [0.1, 0.15) is 11.1 Å². The maximum atomic E-state index is 13.1. The summed E-state index contributed by atoms with van der Waals surface area (Å²) in [4.78, 5) is 30.9. The average Bonchev–Trinajstić information content (AvgIpc) is 2.80. The Morgan fingerprint density at radius 1 is 0.970 bits per heavy atom. The third-order valence-electron chi connectivity index (χ3n) is 6.19. The van der Waals surface area contributed by atoms with Crippen molar-refractivity contribution in [3.63, 3.8) is 0 Å². The Labute approximate surface area is 197 Å². The molecule has 0 aromatic heterocycles. The van der Waals surface area contributed by atoms with E-state index in [1.54, 1.807) is 24.0 Å². The standard InChI is InChI=1S/C23H35N5O4S/c1-4-7-24-22(29)17-25-8-10-26(11-9-25)18-23(30)27-12-14-28(15-13-27)33(31,32)21-16-19(2)5-6-20(21)3/h4-6,16H,1,7-15,17-18H2,2-3H3,(H,24,29). The molecule has 2 amide bonds. The number of sulfonamides is 1. The number of nitrogens with zero attached hydrogens (tertiary/aromatic N) is 4. The summed E-state index contributed by atoms with van der Waals surface area (Å²) >= 11 is 0. The van der Waals surface area contributed by atoms with Crippen LogP contribution in [0.3, 0.4) is 0 Å². The van der Waals surface area contributed by atoms with Crippen molar-refractivity contribution in [3.8, 4) is 0 Å². The number of carbonyl (C=O) groups is 2. The van der Waals surface area contributed by atoms with Crippen LogP contribution in [0.15, 0.2) is 35.7 Å². The van der Waals surface area contributed by atoms with E-state index in [1.807, 2.05) is 19.1 Å². The lowest BCUT2D eigenvalue weighted by atomic mass is 10.2. The number of benzene rings is 1. The van der Waals surface area contributed by atoms with Crippen LogP contribution < -0.4 is 5.32 Å². The fraction of sp³-hybridized carbons (Fsp3) is 0.565. The Hall–Kier alpha value is -2.27. The molecule has 1 N–H and O–H groups in total. The highest BCUT2D eigenvalue weighted by molar-refractivity contribution is 7.89. The Bertz CT molecular complexity index is 965. The first kappa shape index (κ1) is 25.4. The second-order valence-corrected chi connectivity index (χ2v) is 10.6. The molecule has 2 fully saturated rings. The molecule has 1 aromatic carbocycles. The second kappa shape index (κ2) is 11.2. The molecule has 9 nitrogen and oxygen atoms in total. The summed E-state index contributed by atoms with van der Waals surface area (Å²) in [5.74, 6) is 0.00377. The summed E-state index contributed by atoms with van der Waals surface area (Å²) in [7, 11) is -3.57. The number of piperazine rings is 2. The van der Waals surface area contributed by atoms with Gasteiger partial charge in [0.25, 0.3) is 0 Å². The lowest BCUT2D eigenvalue weighted by Gasteiger charge is -2.37. The fourth-order valence-corrected chi connectivity index (χ4v) is 5.88. The van der Waals surface area contributed by atoms with Gasteiger partial charge in [0.2, 0.25) is 21.8 Å². The normalized spacial score (nSPS) is 18.8. The molecule has 0 radical (unpaired) electrons. The Kier molecular flexibility index (Phi) is 8.63. The quantitative estimate of drug-likeness (QED) is 0.532. The number of amides is 2. The topological polar surface area (TPSA) is 93.3 Å². The summed E-state index contributed by atoms with van der Waals surface area (Å²) in [5.41, 5.74) is 1.64. The van der Waals surface area contributed by atoms with E-state index in [-0.39, 0.29) is 11.8 Å². The van der Waals surface area contributed by atoms with Gasteiger partial charge in [-0.05, 0) is 31.0 Å². The summed E-state index contributed by atoms with van der Waals surface area (Å²) in [6.07, 6.45) is 1.65. The molecule has 0 spiro atoms. The summed E-state index contributed by atoms with van der Waals surface area (Å²) in [6, 6.07) is 5.45. The van der Waals surface area contributed by atoms with E-state index in [4.69, 9.17) is 0 Å². The Morgan fingerprint density at radius 3 is 2.18 bits per heavy atom. The SMILES string of the molecule is C=CCNC(=O)CN1CCN(CC(=O)N2CCN(S(=O)(=O)c3cc(C)ccc3C)CC2)CC1. The molecule has 2 saturated heterocycles. The largest absolute Gasteiger partial charge is 0.352 e. The minimum atomic E-state index is -3.57. The van der Waals surface area contributed by atoms with Crippen LogP contribution in [-0.4, -0.2) is 111 Å². The van der Waals surface area contributed by atoms with E-state index in [0.29, 0.717) is 50.7 Å². The van der Waals surface area contributed by atoms with Crippen LogP contribution in [0.25, 0.3) is 0 Å². The van der Waals surface area contributed by atoms with Gasteiger partial charge >= 0.3 is 0 Å². The Balaban J connectivity index is 1.45. The molecular formula is C23H35N5O4S. The molecule has 2 aliphatic heterocycles. The van der Waals surface area contributed by atoms with Crippen molar-refractivity contribution < 1.29 is 18.0 Å². The van der Waals surface area contributed by atoms with Gasteiger partial charge in [-0.15, -0.1) is 6.58 Å². The third-order valence-corrected chi connectivity index (χ3v) is 8.23. The number of hydrogen-bond acceptors (Lipinski definition) is 6. The van der Waals surface area contributed by atoms with Crippen molar-refractivity contribution in [1.82, 2.24) is 24.3 Å². The van der Waals surface area contributed by atoms with Crippen LogP contribution in [0.5, 0.6) is 0 Å². The summed E-state index contributed by atoms with van der Waals surface area (Å²) in [6.45, 7) is 12.7. The van der Waals surface area contributed by atoms with Gasteiger partial charge < -0.3 is 10.2 Å². The van der Waals surface area contributed by atoms with Gasteiger partial charge in [-0.2, -0.15) is 4.31 Å². The molecule has 182 valence electrons. The van der Waals surface area contributed by atoms with Crippen LogP contribution >= 0.6 is 0 Å². The number of carbonyl (C=O) groups excluding carboxylic acids is 2. The molecule has 0 aliphatic carbocycles. The predicted molar refractivity (Wildman–Crippen MR) is 127 cm³/mol. The zero-order chi connectivity index (χ0) is 24.0. The first-order chi connectivity index (χ1) is 15.7. The molecule has 2 heterocycles. The molecule has 3 rings (SSSR count). The lowest BCUT2D eigenvalue weighted by Crippen LogP contribution is -2.55. The summed E-state index contributed by atoms with van der Waals surface area (Å²) in [5, 5.41) is 2.78. The van der Waals surface area contributed by atoms with Crippen molar-refractivity contribution in [2.75, 3.05) is 72.0 Å². The minimum Gasteiger partial charge on any atom is -0.352 e. The smallest absolute Gasteiger partial charge is 0.243 e. The molecular weight excluding hydrogens is 442 g/mol. The highest BCUT2D eigenvalue weighted by Gasteiger charge is 2.32. The third kappa shape index (κ3) is 6.63. The van der Waals surface area contributed by atoms with Crippen molar-refractivity contribution in [2.24, 2.45) is 0 Å². The molecule has 0 saturated carbocycles. The molecule has 0 atom stereocenters. The molecule has 33 heavy (non-hydrogen) atoms. The van der Waals surface area contributed by atoms with E-state index in [2.05, 4.69) is 21.7 Å². The van der Waals surface area contributed by atoms with Crippen LogP contribution in [-0.2, 0) is 19.6 Å². The first-order valence-electron chi connectivity index (χ1n) is 11.4. The van der Waals surface area contributed by atoms with E-state index < -0.39 is 10.0 Å². The number of hydrogen-bond donors (Lipinski definition) is 1. The number of nitrogens with one attached hydrogen (secondary N) is 1. The number of rotatable bonds is 8. The van der Waals surface area contributed by atoms with E-state index >= 15 is 0 Å². The zero-order valence-corrected chi connectivity index (χ0v) is 20.4. The first-order valence-corrected chi connectivity index (χ1v) is 12.8. The average molecular weight is 478 g/mol. The molecule has 10 heteroatoms. The minimum absolute atomic E-state index is 0.0203. The van der Waals surface area contributed by atoms with E-state index in [1.165, 1.54) is 4.31 Å². The maximum absolute atomic E-state index is 13.1. The van der Waals surface area contributed by atoms with Crippen LogP contribution in [0.4, 0.5) is 0 Å². The molecule has 2 aliphatic rings. The van der Waals surface area contributed by atoms with Gasteiger partial charge in [-0.1, -0.05) is 18.2 Å².